The highest BCUT2D eigenvalue weighted by Crippen LogP contribution is 2.28. The van der Waals surface area contributed by atoms with E-state index in [4.69, 9.17) is 16.3 Å². The number of amides is 1. The predicted octanol–water partition coefficient (Wildman–Crippen LogP) is 3.97. The number of hydrogen-bond donors (Lipinski definition) is 0. The van der Waals surface area contributed by atoms with Crippen molar-refractivity contribution in [1.29, 1.82) is 0 Å². The number of ether oxygens (including phenoxy) is 1. The van der Waals surface area contributed by atoms with Crippen molar-refractivity contribution >= 4 is 17.5 Å². The lowest BCUT2D eigenvalue weighted by Crippen LogP contribution is -2.44. The van der Waals surface area contributed by atoms with E-state index in [9.17, 15) is 22.4 Å². The molecule has 0 N–H and O–H groups in total. The lowest BCUT2D eigenvalue weighted by molar-refractivity contribution is -0.141. The number of nitrogens with zero attached hydrogens (tertiary/aromatic N) is 3. The maximum Gasteiger partial charge on any atom is 0.433 e. The summed E-state index contributed by atoms with van der Waals surface area (Å²) in [4.78, 5) is 21.1. The Hall–Kier alpha value is -2.42. The number of halogens is 5. The zero-order valence-electron chi connectivity index (χ0n) is 13.8. The Morgan fingerprint density at radius 2 is 2.07 bits per heavy atom. The Balaban J connectivity index is 1.70. The topological polar surface area (TPSA) is 55.3 Å². The summed E-state index contributed by atoms with van der Waals surface area (Å²) in [6.07, 6.45) is -3.09. The van der Waals surface area contributed by atoms with Crippen LogP contribution in [0.5, 0.6) is 6.01 Å². The fourth-order valence-electron chi connectivity index (χ4n) is 2.76. The third kappa shape index (κ3) is 4.65. The van der Waals surface area contributed by atoms with Gasteiger partial charge in [0.25, 0.3) is 5.91 Å². The van der Waals surface area contributed by atoms with Gasteiger partial charge in [0.15, 0.2) is 5.69 Å². The molecule has 1 fully saturated rings. The van der Waals surface area contributed by atoms with E-state index < -0.39 is 35.7 Å². The van der Waals surface area contributed by atoms with E-state index in [1.165, 1.54) is 11.0 Å². The molecule has 1 saturated heterocycles. The van der Waals surface area contributed by atoms with Crippen LogP contribution in [0, 0.1) is 5.82 Å². The van der Waals surface area contributed by atoms with Gasteiger partial charge in [-0.2, -0.15) is 18.2 Å². The van der Waals surface area contributed by atoms with Crippen LogP contribution in [0.15, 0.2) is 30.5 Å². The van der Waals surface area contributed by atoms with Crippen molar-refractivity contribution in [3.05, 3.63) is 52.6 Å². The van der Waals surface area contributed by atoms with E-state index in [2.05, 4.69) is 9.97 Å². The maximum atomic E-state index is 13.2. The molecule has 1 aliphatic heterocycles. The van der Waals surface area contributed by atoms with E-state index >= 15 is 0 Å². The van der Waals surface area contributed by atoms with Gasteiger partial charge in [-0.05, 0) is 37.1 Å². The minimum absolute atomic E-state index is 0.00995. The van der Waals surface area contributed by atoms with E-state index in [0.717, 1.165) is 24.4 Å². The number of hydrogen-bond acceptors (Lipinski definition) is 4. The summed E-state index contributed by atoms with van der Waals surface area (Å²) in [6, 6.07) is 3.82. The number of carbonyl (C=O) groups excluding carboxylic acids is 1. The zero-order chi connectivity index (χ0) is 19.6. The molecule has 0 radical (unpaired) electrons. The number of aromatic nitrogens is 2. The van der Waals surface area contributed by atoms with Crippen molar-refractivity contribution in [2.75, 3.05) is 13.1 Å². The van der Waals surface area contributed by atoms with Gasteiger partial charge >= 0.3 is 12.2 Å². The monoisotopic (exact) mass is 403 g/mol. The average molecular weight is 404 g/mol. The molecule has 3 rings (SSSR count). The summed E-state index contributed by atoms with van der Waals surface area (Å²) >= 11 is 5.92. The summed E-state index contributed by atoms with van der Waals surface area (Å²) in [5.74, 6) is -0.962. The summed E-state index contributed by atoms with van der Waals surface area (Å²) < 4.78 is 56.8. The lowest BCUT2D eigenvalue weighted by Gasteiger charge is -2.32. The van der Waals surface area contributed by atoms with Crippen molar-refractivity contribution in [3.8, 4) is 6.01 Å². The molecule has 1 amide bonds. The van der Waals surface area contributed by atoms with E-state index in [0.29, 0.717) is 19.4 Å². The Labute approximate surface area is 156 Å². The van der Waals surface area contributed by atoms with Crippen molar-refractivity contribution in [2.45, 2.75) is 25.1 Å². The SMILES string of the molecule is O=C(c1ccc(F)cc1Cl)N1CCCC(Oc2nccc(C(F)(F)F)n2)C1. The summed E-state index contributed by atoms with van der Waals surface area (Å²) in [5.41, 5.74) is -0.955. The summed E-state index contributed by atoms with van der Waals surface area (Å²) in [5, 5.41) is -0.00995. The molecule has 5 nitrogen and oxygen atoms in total. The molecule has 1 aromatic heterocycles. The molecular weight excluding hydrogens is 390 g/mol. The first-order valence-corrected chi connectivity index (χ1v) is 8.43. The van der Waals surface area contributed by atoms with Crippen LogP contribution in [0.1, 0.15) is 28.9 Å². The average Bonchev–Trinajstić information content (AvgIpc) is 2.61. The van der Waals surface area contributed by atoms with Crippen molar-refractivity contribution in [2.24, 2.45) is 0 Å². The number of alkyl halides is 3. The number of benzene rings is 1. The molecule has 2 heterocycles. The quantitative estimate of drug-likeness (QED) is 0.728. The molecule has 27 heavy (non-hydrogen) atoms. The highest BCUT2D eigenvalue weighted by Gasteiger charge is 2.33. The third-order valence-electron chi connectivity index (χ3n) is 4.02. The number of likely N-dealkylation sites (tertiary alicyclic amines) is 1. The second-order valence-corrected chi connectivity index (χ2v) is 6.39. The molecule has 0 saturated carbocycles. The molecule has 10 heteroatoms. The van der Waals surface area contributed by atoms with Crippen LogP contribution in [-0.4, -0.2) is 40.0 Å². The van der Waals surface area contributed by atoms with Gasteiger partial charge in [-0.3, -0.25) is 4.79 Å². The van der Waals surface area contributed by atoms with Crippen LogP contribution in [0.4, 0.5) is 17.6 Å². The third-order valence-corrected chi connectivity index (χ3v) is 4.34. The molecule has 0 bridgehead atoms. The number of carbonyl (C=O) groups is 1. The Bertz CT molecular complexity index is 847. The first-order chi connectivity index (χ1) is 12.7. The Kier molecular flexibility index (Phi) is 5.50. The Morgan fingerprint density at radius 1 is 1.30 bits per heavy atom. The van der Waals surface area contributed by atoms with E-state index in [1.54, 1.807) is 0 Å². The van der Waals surface area contributed by atoms with Crippen LogP contribution in [0.3, 0.4) is 0 Å². The molecule has 0 aliphatic carbocycles. The highest BCUT2D eigenvalue weighted by molar-refractivity contribution is 6.33. The largest absolute Gasteiger partial charge is 0.458 e. The molecule has 1 unspecified atom stereocenters. The van der Waals surface area contributed by atoms with Crippen LogP contribution >= 0.6 is 11.6 Å². The van der Waals surface area contributed by atoms with Crippen molar-refractivity contribution < 1.29 is 27.1 Å². The summed E-state index contributed by atoms with van der Waals surface area (Å²) in [7, 11) is 0. The smallest absolute Gasteiger partial charge is 0.433 e. The molecule has 144 valence electrons. The van der Waals surface area contributed by atoms with Gasteiger partial charge in [0.2, 0.25) is 0 Å². The molecule has 1 aliphatic rings. The number of piperidine rings is 1. The number of rotatable bonds is 3. The van der Waals surface area contributed by atoms with Crippen LogP contribution in [0.25, 0.3) is 0 Å². The zero-order valence-corrected chi connectivity index (χ0v) is 14.6. The molecule has 0 spiro atoms. The predicted molar refractivity (Wildman–Crippen MR) is 88.0 cm³/mol. The van der Waals surface area contributed by atoms with Gasteiger partial charge in [0, 0.05) is 12.7 Å². The fourth-order valence-corrected chi connectivity index (χ4v) is 3.00. The van der Waals surface area contributed by atoms with Gasteiger partial charge in [-0.25, -0.2) is 9.37 Å². The summed E-state index contributed by atoms with van der Waals surface area (Å²) in [6.45, 7) is 0.558. The second-order valence-electron chi connectivity index (χ2n) is 5.98. The minimum Gasteiger partial charge on any atom is -0.458 e. The first-order valence-electron chi connectivity index (χ1n) is 8.05. The van der Waals surface area contributed by atoms with Gasteiger partial charge in [-0.15, -0.1) is 0 Å². The van der Waals surface area contributed by atoms with Gasteiger partial charge in [0.05, 0.1) is 17.1 Å². The Morgan fingerprint density at radius 3 is 2.78 bits per heavy atom. The second kappa shape index (κ2) is 7.67. The fraction of sp³-hybridized carbons (Fsp3) is 0.353. The molecule has 2 aromatic rings. The first kappa shape index (κ1) is 19.3. The van der Waals surface area contributed by atoms with Gasteiger partial charge < -0.3 is 9.64 Å². The van der Waals surface area contributed by atoms with Crippen molar-refractivity contribution in [1.82, 2.24) is 14.9 Å². The van der Waals surface area contributed by atoms with E-state index in [-0.39, 0.29) is 17.1 Å². The minimum atomic E-state index is -4.60. The maximum absolute atomic E-state index is 13.2. The van der Waals surface area contributed by atoms with E-state index in [1.807, 2.05) is 0 Å². The molecule has 1 atom stereocenters. The van der Waals surface area contributed by atoms with Crippen molar-refractivity contribution in [3.63, 3.8) is 0 Å². The van der Waals surface area contributed by atoms with Crippen LogP contribution < -0.4 is 4.74 Å². The molecular formula is C17H14ClF4N3O2. The normalized spacial score (nSPS) is 17.7. The lowest BCUT2D eigenvalue weighted by atomic mass is 10.1. The highest BCUT2D eigenvalue weighted by atomic mass is 35.5. The van der Waals surface area contributed by atoms with Crippen LogP contribution in [-0.2, 0) is 6.18 Å². The van der Waals surface area contributed by atoms with Gasteiger partial charge in [0.1, 0.15) is 11.9 Å². The molecule has 1 aromatic carbocycles. The van der Waals surface area contributed by atoms with Gasteiger partial charge in [-0.1, -0.05) is 11.6 Å². The standard InChI is InChI=1S/C17H14ClF4N3O2/c18-13-8-10(19)3-4-12(13)15(26)25-7-1-2-11(9-25)27-16-23-6-5-14(24-16)17(20,21)22/h3-6,8,11H,1-2,7,9H2. The van der Waals surface area contributed by atoms with Crippen LogP contribution in [0.2, 0.25) is 5.02 Å².